The Kier molecular flexibility index (Phi) is 4.90. The van der Waals surface area contributed by atoms with Crippen molar-refractivity contribution in [3.05, 3.63) is 53.0 Å². The van der Waals surface area contributed by atoms with Crippen LogP contribution in [0.15, 0.2) is 34.7 Å². The standard InChI is InChI=1S/C18H14O4/c1-3-14-9-10-15(22-14)7-5-4-6-13-8-11-16(17(19)12-13)18(20)21-2/h8-12,19H,3H2,1-2H3. The first-order valence-electron chi connectivity index (χ1n) is 6.66. The van der Waals surface area contributed by atoms with Crippen LogP contribution in [-0.4, -0.2) is 18.2 Å². The molecule has 0 bridgehead atoms. The summed E-state index contributed by atoms with van der Waals surface area (Å²) in [6, 6.07) is 8.13. The van der Waals surface area contributed by atoms with E-state index in [1.165, 1.54) is 19.2 Å². The number of carbonyl (C=O) groups is 1. The van der Waals surface area contributed by atoms with Gasteiger partial charge in [0.2, 0.25) is 0 Å². The lowest BCUT2D eigenvalue weighted by Gasteiger charge is -2.01. The fourth-order valence-electron chi connectivity index (χ4n) is 1.72. The van der Waals surface area contributed by atoms with Crippen LogP contribution < -0.4 is 0 Å². The van der Waals surface area contributed by atoms with Crippen molar-refractivity contribution in [3.8, 4) is 29.4 Å². The molecule has 0 radical (unpaired) electrons. The van der Waals surface area contributed by atoms with Gasteiger partial charge in [0.1, 0.15) is 17.1 Å². The molecule has 0 aliphatic heterocycles. The normalized spacial score (nSPS) is 9.18. The Morgan fingerprint density at radius 3 is 2.64 bits per heavy atom. The summed E-state index contributed by atoms with van der Waals surface area (Å²) in [5.41, 5.74) is 0.648. The van der Waals surface area contributed by atoms with Crippen LogP contribution in [0.5, 0.6) is 5.75 Å². The highest BCUT2D eigenvalue weighted by Crippen LogP contribution is 2.19. The van der Waals surface area contributed by atoms with Gasteiger partial charge in [-0.25, -0.2) is 4.79 Å². The summed E-state index contributed by atoms with van der Waals surface area (Å²) in [5, 5.41) is 9.74. The van der Waals surface area contributed by atoms with Crippen molar-refractivity contribution < 1.29 is 19.1 Å². The van der Waals surface area contributed by atoms with Crippen LogP contribution in [0.2, 0.25) is 0 Å². The number of hydrogen-bond acceptors (Lipinski definition) is 4. The molecule has 2 aromatic rings. The van der Waals surface area contributed by atoms with Crippen molar-refractivity contribution in [1.29, 1.82) is 0 Å². The predicted octanol–water partition coefficient (Wildman–Crippen LogP) is 2.74. The van der Waals surface area contributed by atoms with E-state index in [0.717, 1.165) is 12.2 Å². The molecule has 1 N–H and O–H groups in total. The van der Waals surface area contributed by atoms with E-state index in [-0.39, 0.29) is 11.3 Å². The highest BCUT2D eigenvalue weighted by Gasteiger charge is 2.10. The fourth-order valence-corrected chi connectivity index (χ4v) is 1.72. The SMILES string of the molecule is CCc1ccc(C#CC#Cc2ccc(C(=O)OC)c(O)c2)o1. The first-order valence-corrected chi connectivity index (χ1v) is 6.66. The van der Waals surface area contributed by atoms with Crippen molar-refractivity contribution in [3.63, 3.8) is 0 Å². The van der Waals surface area contributed by atoms with Gasteiger partial charge in [0.25, 0.3) is 0 Å². The number of ether oxygens (including phenoxy) is 1. The van der Waals surface area contributed by atoms with Gasteiger partial charge in [0.15, 0.2) is 5.76 Å². The minimum atomic E-state index is -0.596. The van der Waals surface area contributed by atoms with Crippen molar-refractivity contribution >= 4 is 5.97 Å². The number of rotatable bonds is 2. The lowest BCUT2D eigenvalue weighted by Crippen LogP contribution is -2.01. The van der Waals surface area contributed by atoms with Crippen LogP contribution in [0.4, 0.5) is 0 Å². The number of aryl methyl sites for hydroxylation is 1. The highest BCUT2D eigenvalue weighted by atomic mass is 16.5. The quantitative estimate of drug-likeness (QED) is 0.683. The van der Waals surface area contributed by atoms with E-state index in [2.05, 4.69) is 28.4 Å². The highest BCUT2D eigenvalue weighted by molar-refractivity contribution is 5.92. The summed E-state index contributed by atoms with van der Waals surface area (Å²) in [7, 11) is 1.25. The van der Waals surface area contributed by atoms with Crippen LogP contribution >= 0.6 is 0 Å². The predicted molar refractivity (Wildman–Crippen MR) is 81.3 cm³/mol. The van der Waals surface area contributed by atoms with E-state index in [0.29, 0.717) is 11.3 Å². The number of hydrogen-bond donors (Lipinski definition) is 1. The fraction of sp³-hybridized carbons (Fsp3) is 0.167. The Balaban J connectivity index is 2.12. The maximum Gasteiger partial charge on any atom is 0.341 e. The third-order valence-electron chi connectivity index (χ3n) is 2.87. The zero-order chi connectivity index (χ0) is 15.9. The van der Waals surface area contributed by atoms with E-state index in [1.807, 2.05) is 13.0 Å². The second-order valence-electron chi connectivity index (χ2n) is 4.34. The van der Waals surface area contributed by atoms with Crippen molar-refractivity contribution in [2.24, 2.45) is 0 Å². The van der Waals surface area contributed by atoms with Crippen molar-refractivity contribution in [1.82, 2.24) is 0 Å². The molecule has 110 valence electrons. The number of aromatic hydroxyl groups is 1. The number of methoxy groups -OCH3 is 1. The van der Waals surface area contributed by atoms with E-state index in [1.54, 1.807) is 12.1 Å². The first kappa shape index (κ1) is 15.3. The molecule has 0 aliphatic rings. The molecule has 1 heterocycles. The number of benzene rings is 1. The number of phenolic OH excluding ortho intramolecular Hbond substituents is 1. The van der Waals surface area contributed by atoms with Gasteiger partial charge in [-0.1, -0.05) is 12.8 Å². The van der Waals surface area contributed by atoms with E-state index >= 15 is 0 Å². The maximum atomic E-state index is 11.3. The largest absolute Gasteiger partial charge is 0.507 e. The Morgan fingerprint density at radius 1 is 1.23 bits per heavy atom. The molecule has 2 rings (SSSR count). The second kappa shape index (κ2) is 7.06. The second-order valence-corrected chi connectivity index (χ2v) is 4.34. The van der Waals surface area contributed by atoms with E-state index in [9.17, 15) is 9.90 Å². The molecule has 4 heteroatoms. The molecule has 0 saturated heterocycles. The molecule has 0 atom stereocenters. The molecular weight excluding hydrogens is 280 g/mol. The lowest BCUT2D eigenvalue weighted by atomic mass is 10.1. The molecule has 0 unspecified atom stereocenters. The first-order chi connectivity index (χ1) is 10.6. The zero-order valence-electron chi connectivity index (χ0n) is 12.3. The van der Waals surface area contributed by atoms with Crippen LogP contribution in [0.25, 0.3) is 0 Å². The average Bonchev–Trinajstić information content (AvgIpc) is 2.99. The summed E-state index contributed by atoms with van der Waals surface area (Å²) >= 11 is 0. The van der Waals surface area contributed by atoms with Gasteiger partial charge in [-0.15, -0.1) is 0 Å². The molecule has 1 aromatic heterocycles. The summed E-state index contributed by atoms with van der Waals surface area (Å²) in [4.78, 5) is 11.3. The van der Waals surface area contributed by atoms with Crippen molar-refractivity contribution in [2.75, 3.05) is 7.11 Å². The van der Waals surface area contributed by atoms with Gasteiger partial charge >= 0.3 is 5.97 Å². The number of phenols is 1. The van der Waals surface area contributed by atoms with Gasteiger partial charge in [-0.3, -0.25) is 0 Å². The summed E-state index contributed by atoms with van der Waals surface area (Å²) in [6.07, 6.45) is 0.819. The molecule has 1 aromatic carbocycles. The minimum Gasteiger partial charge on any atom is -0.507 e. The van der Waals surface area contributed by atoms with Crippen LogP contribution in [0, 0.1) is 23.7 Å². The Labute approximate surface area is 128 Å². The molecule has 0 saturated carbocycles. The third kappa shape index (κ3) is 3.71. The molecule has 22 heavy (non-hydrogen) atoms. The molecule has 4 nitrogen and oxygen atoms in total. The molecule has 0 amide bonds. The smallest absolute Gasteiger partial charge is 0.341 e. The number of furan rings is 1. The van der Waals surface area contributed by atoms with Gasteiger partial charge in [0, 0.05) is 12.0 Å². The lowest BCUT2D eigenvalue weighted by molar-refractivity contribution is 0.0597. The maximum absolute atomic E-state index is 11.3. The Hall–Kier alpha value is -3.11. The molecule has 0 aliphatic carbocycles. The number of carbonyl (C=O) groups excluding carboxylic acids is 1. The minimum absolute atomic E-state index is 0.0989. The van der Waals surface area contributed by atoms with Crippen LogP contribution in [-0.2, 0) is 11.2 Å². The molecule has 0 fully saturated rings. The van der Waals surface area contributed by atoms with Crippen LogP contribution in [0.1, 0.15) is 34.4 Å². The summed E-state index contributed by atoms with van der Waals surface area (Å²) in [5.74, 6) is 11.6. The van der Waals surface area contributed by atoms with E-state index < -0.39 is 5.97 Å². The van der Waals surface area contributed by atoms with Gasteiger partial charge in [-0.2, -0.15) is 0 Å². The van der Waals surface area contributed by atoms with Crippen molar-refractivity contribution in [2.45, 2.75) is 13.3 Å². The zero-order valence-corrected chi connectivity index (χ0v) is 12.3. The monoisotopic (exact) mass is 294 g/mol. The summed E-state index contributed by atoms with van der Waals surface area (Å²) in [6.45, 7) is 2.00. The van der Waals surface area contributed by atoms with Gasteiger partial charge in [0.05, 0.1) is 7.11 Å². The Bertz CT molecular complexity index is 807. The molecule has 0 spiro atoms. The van der Waals surface area contributed by atoms with E-state index in [4.69, 9.17) is 4.42 Å². The summed E-state index contributed by atoms with van der Waals surface area (Å²) < 4.78 is 9.97. The van der Waals surface area contributed by atoms with Gasteiger partial charge in [-0.05, 0) is 48.1 Å². The van der Waals surface area contributed by atoms with Crippen LogP contribution in [0.3, 0.4) is 0 Å². The van der Waals surface area contributed by atoms with Gasteiger partial charge < -0.3 is 14.3 Å². The topological polar surface area (TPSA) is 59.7 Å². The third-order valence-corrected chi connectivity index (χ3v) is 2.87. The Morgan fingerprint density at radius 2 is 2.00 bits per heavy atom. The average molecular weight is 294 g/mol. The number of esters is 1. The molecular formula is C18H14O4.